The SMILES string of the molecule is CC1(C)CC(=O)C2=C(C1)OC(C)(O)C[C@@H]2c1ccc(Br)cc1. The van der Waals surface area contributed by atoms with Crippen LogP contribution in [0.4, 0.5) is 0 Å². The molecule has 0 aromatic heterocycles. The van der Waals surface area contributed by atoms with Crippen molar-refractivity contribution in [2.24, 2.45) is 5.41 Å². The fourth-order valence-electron chi connectivity index (χ4n) is 3.52. The summed E-state index contributed by atoms with van der Waals surface area (Å²) in [6.07, 6.45) is 1.63. The van der Waals surface area contributed by atoms with Crippen molar-refractivity contribution in [3.05, 3.63) is 45.6 Å². The van der Waals surface area contributed by atoms with Gasteiger partial charge in [-0.1, -0.05) is 41.9 Å². The predicted molar refractivity (Wildman–Crippen MR) is 88.3 cm³/mol. The lowest BCUT2D eigenvalue weighted by atomic mass is 9.70. The molecule has 1 N–H and O–H groups in total. The van der Waals surface area contributed by atoms with E-state index < -0.39 is 5.79 Å². The molecular weight excluding hydrogens is 344 g/mol. The Balaban J connectivity index is 2.08. The van der Waals surface area contributed by atoms with Crippen LogP contribution in [0.3, 0.4) is 0 Å². The maximum atomic E-state index is 12.7. The molecule has 22 heavy (non-hydrogen) atoms. The van der Waals surface area contributed by atoms with Gasteiger partial charge in [-0.3, -0.25) is 4.79 Å². The number of benzene rings is 1. The van der Waals surface area contributed by atoms with E-state index in [9.17, 15) is 9.90 Å². The van der Waals surface area contributed by atoms with Crippen molar-refractivity contribution in [2.45, 2.75) is 51.7 Å². The van der Waals surface area contributed by atoms with Crippen molar-refractivity contribution >= 4 is 21.7 Å². The summed E-state index contributed by atoms with van der Waals surface area (Å²) in [7, 11) is 0. The van der Waals surface area contributed by atoms with Crippen LogP contribution < -0.4 is 0 Å². The second-order valence-electron chi connectivity index (χ2n) is 7.36. The fourth-order valence-corrected chi connectivity index (χ4v) is 3.79. The van der Waals surface area contributed by atoms with Crippen molar-refractivity contribution in [2.75, 3.05) is 0 Å². The maximum Gasteiger partial charge on any atom is 0.205 e. The number of carbonyl (C=O) groups excluding carboxylic acids is 1. The monoisotopic (exact) mass is 364 g/mol. The van der Waals surface area contributed by atoms with Crippen molar-refractivity contribution < 1.29 is 14.6 Å². The number of hydrogen-bond donors (Lipinski definition) is 1. The van der Waals surface area contributed by atoms with E-state index in [1.54, 1.807) is 6.92 Å². The standard InChI is InChI=1S/C18H21BrO3/c1-17(2)9-14(20)16-13(11-4-6-12(19)7-5-11)8-18(3,21)22-15(16)10-17/h4-7,13,21H,8-10H2,1-3H3/t13-,18?/m1/s1. The highest BCUT2D eigenvalue weighted by atomic mass is 79.9. The highest BCUT2D eigenvalue weighted by molar-refractivity contribution is 9.10. The average Bonchev–Trinajstić information content (AvgIpc) is 2.35. The first kappa shape index (κ1) is 15.8. The van der Waals surface area contributed by atoms with E-state index in [-0.39, 0.29) is 17.1 Å². The molecular formula is C18H21BrO3. The molecule has 1 aromatic rings. The molecule has 2 atom stereocenters. The van der Waals surface area contributed by atoms with Gasteiger partial charge in [-0.15, -0.1) is 0 Å². The average molecular weight is 365 g/mol. The highest BCUT2D eigenvalue weighted by Crippen LogP contribution is 2.49. The molecule has 0 fully saturated rings. The lowest BCUT2D eigenvalue weighted by Crippen LogP contribution is -2.41. The fraction of sp³-hybridized carbons (Fsp3) is 0.500. The second-order valence-corrected chi connectivity index (χ2v) is 8.28. The zero-order valence-electron chi connectivity index (χ0n) is 13.1. The van der Waals surface area contributed by atoms with Crippen LogP contribution in [0.2, 0.25) is 0 Å². The van der Waals surface area contributed by atoms with Gasteiger partial charge in [0.15, 0.2) is 5.78 Å². The normalized spacial score (nSPS) is 30.8. The Hall–Kier alpha value is -1.13. The van der Waals surface area contributed by atoms with Gasteiger partial charge < -0.3 is 9.84 Å². The molecule has 0 radical (unpaired) electrons. The molecule has 1 unspecified atom stereocenters. The Kier molecular flexibility index (Phi) is 3.73. The number of hydrogen-bond acceptors (Lipinski definition) is 3. The Morgan fingerprint density at radius 3 is 2.45 bits per heavy atom. The highest BCUT2D eigenvalue weighted by Gasteiger charge is 2.45. The third-order valence-corrected chi connectivity index (χ3v) is 4.95. The molecule has 0 amide bonds. The van der Waals surface area contributed by atoms with E-state index in [1.165, 1.54) is 0 Å². The van der Waals surface area contributed by atoms with Gasteiger partial charge in [-0.2, -0.15) is 0 Å². The molecule has 1 heterocycles. The molecule has 0 spiro atoms. The quantitative estimate of drug-likeness (QED) is 0.807. The van der Waals surface area contributed by atoms with Gasteiger partial charge in [-0.05, 0) is 23.1 Å². The molecule has 0 saturated heterocycles. The predicted octanol–water partition coefficient (Wildman–Crippen LogP) is 4.30. The first-order valence-electron chi connectivity index (χ1n) is 7.60. The number of ketones is 1. The number of rotatable bonds is 1. The molecule has 1 aromatic carbocycles. The van der Waals surface area contributed by atoms with E-state index in [2.05, 4.69) is 29.8 Å². The van der Waals surface area contributed by atoms with Gasteiger partial charge in [0, 0.05) is 42.1 Å². The van der Waals surface area contributed by atoms with E-state index in [0.29, 0.717) is 25.0 Å². The summed E-state index contributed by atoms with van der Waals surface area (Å²) in [5.41, 5.74) is 1.69. The van der Waals surface area contributed by atoms with E-state index >= 15 is 0 Å². The minimum Gasteiger partial charge on any atom is -0.467 e. The topological polar surface area (TPSA) is 46.5 Å². The third kappa shape index (κ3) is 2.99. The molecule has 0 saturated carbocycles. The van der Waals surface area contributed by atoms with Gasteiger partial charge in [0.25, 0.3) is 0 Å². The zero-order chi connectivity index (χ0) is 16.1. The van der Waals surface area contributed by atoms with Gasteiger partial charge >= 0.3 is 0 Å². The summed E-state index contributed by atoms with van der Waals surface area (Å²) in [4.78, 5) is 12.7. The van der Waals surface area contributed by atoms with Crippen LogP contribution in [0, 0.1) is 5.41 Å². The van der Waals surface area contributed by atoms with Gasteiger partial charge in [0.2, 0.25) is 5.79 Å². The van der Waals surface area contributed by atoms with Crippen molar-refractivity contribution in [1.82, 2.24) is 0 Å². The first-order valence-corrected chi connectivity index (χ1v) is 8.39. The molecule has 0 bridgehead atoms. The summed E-state index contributed by atoms with van der Waals surface area (Å²) >= 11 is 3.43. The Morgan fingerprint density at radius 1 is 1.18 bits per heavy atom. The zero-order valence-corrected chi connectivity index (χ0v) is 14.7. The second kappa shape index (κ2) is 5.20. The minimum absolute atomic E-state index is 0.101. The molecule has 3 nitrogen and oxygen atoms in total. The van der Waals surface area contributed by atoms with Crippen molar-refractivity contribution in [3.63, 3.8) is 0 Å². The number of ether oxygens (including phenoxy) is 1. The van der Waals surface area contributed by atoms with Crippen LogP contribution in [-0.2, 0) is 9.53 Å². The first-order chi connectivity index (χ1) is 10.2. The lowest BCUT2D eigenvalue weighted by molar-refractivity contribution is -0.184. The Bertz CT molecular complexity index is 637. The Morgan fingerprint density at radius 2 is 1.82 bits per heavy atom. The largest absolute Gasteiger partial charge is 0.467 e. The summed E-state index contributed by atoms with van der Waals surface area (Å²) in [6.45, 7) is 5.81. The minimum atomic E-state index is -1.23. The smallest absolute Gasteiger partial charge is 0.205 e. The molecule has 1 aliphatic carbocycles. The van der Waals surface area contributed by atoms with Crippen LogP contribution in [-0.4, -0.2) is 16.7 Å². The van der Waals surface area contributed by atoms with Crippen LogP contribution >= 0.6 is 15.9 Å². The number of carbonyl (C=O) groups is 1. The summed E-state index contributed by atoms with van der Waals surface area (Å²) in [6, 6.07) is 7.95. The van der Waals surface area contributed by atoms with Crippen LogP contribution in [0.5, 0.6) is 0 Å². The van der Waals surface area contributed by atoms with Gasteiger partial charge in [-0.25, -0.2) is 0 Å². The van der Waals surface area contributed by atoms with E-state index in [4.69, 9.17) is 4.74 Å². The molecule has 118 valence electrons. The lowest BCUT2D eigenvalue weighted by Gasteiger charge is -2.43. The third-order valence-electron chi connectivity index (χ3n) is 4.43. The summed E-state index contributed by atoms with van der Waals surface area (Å²) in [5.74, 6) is -0.514. The number of Topliss-reactive ketones (excluding diaryl/α,β-unsaturated/α-hetero) is 1. The van der Waals surface area contributed by atoms with Crippen molar-refractivity contribution in [1.29, 1.82) is 0 Å². The Labute approximate surface area is 139 Å². The molecule has 4 heteroatoms. The number of halogens is 1. The van der Waals surface area contributed by atoms with E-state index in [0.717, 1.165) is 15.6 Å². The summed E-state index contributed by atoms with van der Waals surface area (Å²) in [5, 5.41) is 10.5. The summed E-state index contributed by atoms with van der Waals surface area (Å²) < 4.78 is 6.76. The molecule has 3 rings (SSSR count). The van der Waals surface area contributed by atoms with Crippen LogP contribution in [0.25, 0.3) is 0 Å². The molecule has 2 aliphatic rings. The van der Waals surface area contributed by atoms with Gasteiger partial charge in [0.05, 0.1) is 0 Å². The van der Waals surface area contributed by atoms with Crippen LogP contribution in [0.15, 0.2) is 40.1 Å². The van der Waals surface area contributed by atoms with Gasteiger partial charge in [0.1, 0.15) is 5.76 Å². The number of allylic oxidation sites excluding steroid dienone is 2. The number of aliphatic hydroxyl groups is 1. The maximum absolute atomic E-state index is 12.7. The van der Waals surface area contributed by atoms with Crippen LogP contribution in [0.1, 0.15) is 51.5 Å². The molecule has 1 aliphatic heterocycles. The van der Waals surface area contributed by atoms with E-state index in [1.807, 2.05) is 24.3 Å². The van der Waals surface area contributed by atoms with Crippen molar-refractivity contribution in [3.8, 4) is 0 Å².